The maximum Gasteiger partial charge on any atom is 0.124 e. The second kappa shape index (κ2) is 5.05. The maximum atomic E-state index is 5.39. The molecular weight excluding hydrogens is 208 g/mol. The number of aromatic nitrogens is 1. The first-order chi connectivity index (χ1) is 6.95. The summed E-state index contributed by atoms with van der Waals surface area (Å²) in [6.45, 7) is 9.23. The van der Waals surface area contributed by atoms with Gasteiger partial charge in [0.1, 0.15) is 10.6 Å². The van der Waals surface area contributed by atoms with Crippen LogP contribution >= 0.6 is 11.3 Å². The summed E-state index contributed by atoms with van der Waals surface area (Å²) in [6, 6.07) is 0.506. The van der Waals surface area contributed by atoms with Crippen molar-refractivity contribution in [1.82, 2.24) is 10.3 Å². The highest BCUT2D eigenvalue weighted by Crippen LogP contribution is 2.27. The van der Waals surface area contributed by atoms with Crippen LogP contribution in [0, 0.1) is 0 Å². The van der Waals surface area contributed by atoms with E-state index in [1.54, 1.807) is 18.4 Å². The standard InChI is InChI=1S/C11H20N2OS/c1-8(2)12-6-9-7-13-10(15-9)11(3,4)14-5/h7-8,12H,6H2,1-5H3. The molecule has 4 heteroatoms. The van der Waals surface area contributed by atoms with E-state index in [0.29, 0.717) is 6.04 Å². The molecule has 0 spiro atoms. The molecule has 86 valence electrons. The van der Waals surface area contributed by atoms with Gasteiger partial charge in [-0.2, -0.15) is 0 Å². The molecule has 15 heavy (non-hydrogen) atoms. The lowest BCUT2D eigenvalue weighted by molar-refractivity contribution is 0.0190. The van der Waals surface area contributed by atoms with E-state index in [1.165, 1.54) is 4.88 Å². The van der Waals surface area contributed by atoms with Gasteiger partial charge in [-0.05, 0) is 13.8 Å². The van der Waals surface area contributed by atoms with Gasteiger partial charge in [0.15, 0.2) is 0 Å². The summed E-state index contributed by atoms with van der Waals surface area (Å²) in [5, 5.41) is 4.41. The van der Waals surface area contributed by atoms with Gasteiger partial charge < -0.3 is 10.1 Å². The van der Waals surface area contributed by atoms with Crippen LogP contribution in [-0.2, 0) is 16.9 Å². The molecule has 0 aromatic carbocycles. The molecule has 0 bridgehead atoms. The molecule has 3 nitrogen and oxygen atoms in total. The quantitative estimate of drug-likeness (QED) is 0.841. The number of thiazole rings is 1. The van der Waals surface area contributed by atoms with Crippen molar-refractivity contribution in [3.05, 3.63) is 16.1 Å². The van der Waals surface area contributed by atoms with Crippen LogP contribution in [0.25, 0.3) is 0 Å². The first-order valence-electron chi connectivity index (χ1n) is 5.19. The van der Waals surface area contributed by atoms with Gasteiger partial charge in [0.2, 0.25) is 0 Å². The Morgan fingerprint density at radius 2 is 2.20 bits per heavy atom. The lowest BCUT2D eigenvalue weighted by Crippen LogP contribution is -2.21. The fourth-order valence-corrected chi connectivity index (χ4v) is 2.00. The largest absolute Gasteiger partial charge is 0.372 e. The molecule has 1 N–H and O–H groups in total. The van der Waals surface area contributed by atoms with E-state index in [1.807, 2.05) is 20.0 Å². The number of nitrogens with zero attached hydrogens (tertiary/aromatic N) is 1. The minimum absolute atomic E-state index is 0.277. The van der Waals surface area contributed by atoms with Gasteiger partial charge in [-0.1, -0.05) is 13.8 Å². The molecule has 0 amide bonds. The zero-order valence-electron chi connectivity index (χ0n) is 10.1. The molecule has 0 atom stereocenters. The normalized spacial score (nSPS) is 12.4. The summed E-state index contributed by atoms with van der Waals surface area (Å²) < 4.78 is 5.39. The Labute approximate surface area is 95.9 Å². The van der Waals surface area contributed by atoms with Crippen LogP contribution in [0.5, 0.6) is 0 Å². The number of rotatable bonds is 5. The highest BCUT2D eigenvalue weighted by Gasteiger charge is 2.23. The highest BCUT2D eigenvalue weighted by molar-refractivity contribution is 7.11. The van der Waals surface area contributed by atoms with Crippen LogP contribution in [0.1, 0.15) is 37.6 Å². The molecule has 1 aromatic heterocycles. The van der Waals surface area contributed by atoms with Crippen LogP contribution in [0.2, 0.25) is 0 Å². The topological polar surface area (TPSA) is 34.1 Å². The third-order valence-electron chi connectivity index (χ3n) is 2.26. The Balaban J connectivity index is 2.64. The predicted molar refractivity (Wildman–Crippen MR) is 64.1 cm³/mol. The van der Waals surface area contributed by atoms with Crippen molar-refractivity contribution in [1.29, 1.82) is 0 Å². The summed E-state index contributed by atoms with van der Waals surface area (Å²) in [4.78, 5) is 5.64. The summed E-state index contributed by atoms with van der Waals surface area (Å²) >= 11 is 1.71. The molecule has 0 saturated heterocycles. The van der Waals surface area contributed by atoms with Crippen LogP contribution in [0.3, 0.4) is 0 Å². The van der Waals surface area contributed by atoms with Gasteiger partial charge >= 0.3 is 0 Å². The average molecular weight is 228 g/mol. The summed E-state index contributed by atoms with van der Waals surface area (Å²) in [5.74, 6) is 0. The minimum Gasteiger partial charge on any atom is -0.372 e. The van der Waals surface area contributed by atoms with E-state index in [-0.39, 0.29) is 5.60 Å². The minimum atomic E-state index is -0.277. The van der Waals surface area contributed by atoms with Crippen molar-refractivity contribution in [3.8, 4) is 0 Å². The Bertz CT molecular complexity index is 307. The molecule has 0 unspecified atom stereocenters. The van der Waals surface area contributed by atoms with Gasteiger partial charge in [0.25, 0.3) is 0 Å². The fourth-order valence-electron chi connectivity index (χ4n) is 1.06. The summed E-state index contributed by atoms with van der Waals surface area (Å²) in [5.41, 5.74) is -0.277. The number of nitrogens with one attached hydrogen (secondary N) is 1. The molecule has 0 saturated carbocycles. The van der Waals surface area contributed by atoms with Gasteiger partial charge in [-0.3, -0.25) is 0 Å². The molecule has 0 aliphatic heterocycles. The number of hydrogen-bond donors (Lipinski definition) is 1. The maximum absolute atomic E-state index is 5.39. The van der Waals surface area contributed by atoms with Crippen molar-refractivity contribution in [3.63, 3.8) is 0 Å². The molecule has 0 aliphatic rings. The van der Waals surface area contributed by atoms with Crippen LogP contribution in [-0.4, -0.2) is 18.1 Å². The van der Waals surface area contributed by atoms with Crippen LogP contribution in [0.15, 0.2) is 6.20 Å². The van der Waals surface area contributed by atoms with E-state index in [4.69, 9.17) is 4.74 Å². The summed E-state index contributed by atoms with van der Waals surface area (Å²) in [7, 11) is 1.72. The second-order valence-electron chi connectivity index (χ2n) is 4.38. The van der Waals surface area contributed by atoms with Gasteiger partial charge in [-0.15, -0.1) is 11.3 Å². The molecule has 1 heterocycles. The third-order valence-corrected chi connectivity index (χ3v) is 3.57. The van der Waals surface area contributed by atoms with E-state index < -0.39 is 0 Å². The summed E-state index contributed by atoms with van der Waals surface area (Å²) in [6.07, 6.45) is 1.93. The van der Waals surface area contributed by atoms with Crippen molar-refractivity contribution >= 4 is 11.3 Å². The number of methoxy groups -OCH3 is 1. The SMILES string of the molecule is COC(C)(C)c1ncc(CNC(C)C)s1. The monoisotopic (exact) mass is 228 g/mol. The van der Waals surface area contributed by atoms with E-state index in [0.717, 1.165) is 11.6 Å². The second-order valence-corrected chi connectivity index (χ2v) is 5.50. The van der Waals surface area contributed by atoms with Gasteiger partial charge in [0, 0.05) is 30.8 Å². The molecule has 1 aromatic rings. The highest BCUT2D eigenvalue weighted by atomic mass is 32.1. The van der Waals surface area contributed by atoms with Gasteiger partial charge in [0.05, 0.1) is 0 Å². The Kier molecular flexibility index (Phi) is 4.25. The number of ether oxygens (including phenoxy) is 1. The van der Waals surface area contributed by atoms with Crippen molar-refractivity contribution in [2.75, 3.05) is 7.11 Å². The average Bonchev–Trinajstić information content (AvgIpc) is 2.63. The van der Waals surface area contributed by atoms with Crippen molar-refractivity contribution < 1.29 is 4.74 Å². The first kappa shape index (κ1) is 12.6. The lowest BCUT2D eigenvalue weighted by Gasteiger charge is -2.19. The fraction of sp³-hybridized carbons (Fsp3) is 0.727. The molecular formula is C11H20N2OS. The molecule has 0 radical (unpaired) electrons. The smallest absolute Gasteiger partial charge is 0.124 e. The van der Waals surface area contributed by atoms with Crippen molar-refractivity contribution in [2.24, 2.45) is 0 Å². The molecule has 0 fully saturated rings. The zero-order valence-corrected chi connectivity index (χ0v) is 10.9. The predicted octanol–water partition coefficient (Wildman–Crippen LogP) is 2.52. The Morgan fingerprint density at radius 1 is 1.53 bits per heavy atom. The first-order valence-corrected chi connectivity index (χ1v) is 6.01. The van der Waals surface area contributed by atoms with Crippen LogP contribution < -0.4 is 5.32 Å². The lowest BCUT2D eigenvalue weighted by atomic mass is 10.1. The third kappa shape index (κ3) is 3.55. The number of hydrogen-bond acceptors (Lipinski definition) is 4. The van der Waals surface area contributed by atoms with E-state index in [2.05, 4.69) is 24.1 Å². The zero-order chi connectivity index (χ0) is 11.5. The Morgan fingerprint density at radius 3 is 2.73 bits per heavy atom. The molecule has 0 aliphatic carbocycles. The van der Waals surface area contributed by atoms with E-state index >= 15 is 0 Å². The van der Waals surface area contributed by atoms with Gasteiger partial charge in [-0.25, -0.2) is 4.98 Å². The van der Waals surface area contributed by atoms with E-state index in [9.17, 15) is 0 Å². The molecule has 1 rings (SSSR count). The Hall–Kier alpha value is -0.450. The van der Waals surface area contributed by atoms with Crippen molar-refractivity contribution in [2.45, 2.75) is 45.9 Å². The van der Waals surface area contributed by atoms with Crippen LogP contribution in [0.4, 0.5) is 0 Å².